The Bertz CT molecular complexity index is 23.6. The van der Waals surface area contributed by atoms with E-state index in [1.54, 1.807) is 0 Å². The molecule has 0 saturated carbocycles. The molecule has 0 unspecified atom stereocenters. The van der Waals surface area contributed by atoms with Crippen LogP contribution in [0.4, 0.5) is 0 Å². The molecule has 0 saturated heterocycles. The van der Waals surface area contributed by atoms with Gasteiger partial charge in [0.25, 0.3) is 0 Å². The summed E-state index contributed by atoms with van der Waals surface area (Å²) >= 11 is 0. The fraction of sp³-hybridized carbons (Fsp3) is 0. The molecule has 0 fully saturated rings. The maximum absolute atomic E-state index is 9.32. The molecule has 0 N–H and O–H groups in total. The molecular formula is C2H5KOSi. The maximum Gasteiger partial charge on any atom is 1.00 e. The summed E-state index contributed by atoms with van der Waals surface area (Å²) in [6.45, 7) is 3.23. The standard InChI is InChI=1S/C2H5OSi.K/c1-2-4-3;/h2H,1,4H2;/q-1;+1. The molecule has 0 atom stereocenters. The van der Waals surface area contributed by atoms with Crippen molar-refractivity contribution < 1.29 is 56.2 Å². The quantitative estimate of drug-likeness (QED) is 0.314. The van der Waals surface area contributed by atoms with Crippen LogP contribution >= 0.6 is 0 Å². The first kappa shape index (κ1) is 9.75. The van der Waals surface area contributed by atoms with Gasteiger partial charge in [0.15, 0.2) is 0 Å². The first-order valence-corrected chi connectivity index (χ1v) is 2.50. The predicted molar refractivity (Wildman–Crippen MR) is 18.7 cm³/mol. The molecule has 0 bridgehead atoms. The number of rotatable bonds is 1. The Kier molecular flexibility index (Phi) is 17.8. The van der Waals surface area contributed by atoms with E-state index in [2.05, 4.69) is 6.58 Å². The van der Waals surface area contributed by atoms with Crippen LogP contribution in [0, 0.1) is 0 Å². The van der Waals surface area contributed by atoms with Gasteiger partial charge in [0, 0.05) is 0 Å². The van der Waals surface area contributed by atoms with Crippen LogP contribution in [0.25, 0.3) is 0 Å². The van der Waals surface area contributed by atoms with E-state index in [0.717, 1.165) is 0 Å². The first-order valence-electron chi connectivity index (χ1n) is 1.11. The normalized spacial score (nSPS) is 7.40. The molecule has 0 aliphatic heterocycles. The van der Waals surface area contributed by atoms with Crippen LogP contribution in [0.1, 0.15) is 0 Å². The average Bonchev–Trinajstić information content (AvgIpc) is 1.37. The van der Waals surface area contributed by atoms with Crippen LogP contribution in [-0.2, 0) is 0 Å². The van der Waals surface area contributed by atoms with Crippen molar-refractivity contribution in [3.8, 4) is 0 Å². The molecule has 0 aliphatic rings. The van der Waals surface area contributed by atoms with Gasteiger partial charge >= 0.3 is 51.4 Å². The molecule has 0 rings (SSSR count). The van der Waals surface area contributed by atoms with E-state index in [4.69, 9.17) is 0 Å². The van der Waals surface area contributed by atoms with E-state index in [1.807, 2.05) is 0 Å². The molecule has 0 radical (unpaired) electrons. The minimum Gasteiger partial charge on any atom is -0.860 e. The Morgan fingerprint density at radius 2 is 2.00 bits per heavy atom. The van der Waals surface area contributed by atoms with E-state index in [-0.39, 0.29) is 51.4 Å². The zero-order valence-corrected chi connectivity index (χ0v) is 7.94. The van der Waals surface area contributed by atoms with E-state index >= 15 is 0 Å². The van der Waals surface area contributed by atoms with E-state index in [1.165, 1.54) is 5.70 Å². The van der Waals surface area contributed by atoms with Gasteiger partial charge in [-0.2, -0.15) is 0 Å². The largest absolute Gasteiger partial charge is 1.00 e. The molecule has 3 heteroatoms. The Balaban J connectivity index is 0. The SMILES string of the molecule is C=C[SiH2][O-].[K+]. The van der Waals surface area contributed by atoms with Gasteiger partial charge in [-0.3, -0.25) is 0 Å². The van der Waals surface area contributed by atoms with Crippen LogP contribution in [0.2, 0.25) is 0 Å². The van der Waals surface area contributed by atoms with Crippen LogP contribution in [0.5, 0.6) is 0 Å². The molecule has 1 nitrogen and oxygen atoms in total. The van der Waals surface area contributed by atoms with Gasteiger partial charge in [-0.1, -0.05) is 9.76 Å². The van der Waals surface area contributed by atoms with Crippen LogP contribution in [-0.4, -0.2) is 9.76 Å². The van der Waals surface area contributed by atoms with E-state index < -0.39 is 9.76 Å². The molecular weight excluding hydrogens is 107 g/mol. The van der Waals surface area contributed by atoms with E-state index in [0.29, 0.717) is 0 Å². The molecule has 0 heterocycles. The third kappa shape index (κ3) is 10.8. The van der Waals surface area contributed by atoms with Gasteiger partial charge < -0.3 is 4.80 Å². The summed E-state index contributed by atoms with van der Waals surface area (Å²) in [5.74, 6) is 0. The second-order valence-electron chi connectivity index (χ2n) is 0.455. The van der Waals surface area contributed by atoms with Gasteiger partial charge in [-0.15, -0.1) is 12.3 Å². The van der Waals surface area contributed by atoms with Crippen molar-refractivity contribution in [2.75, 3.05) is 0 Å². The maximum atomic E-state index is 9.32. The van der Waals surface area contributed by atoms with Gasteiger partial charge in [0.1, 0.15) is 0 Å². The van der Waals surface area contributed by atoms with Crippen molar-refractivity contribution in [2.24, 2.45) is 0 Å². The summed E-state index contributed by atoms with van der Waals surface area (Å²) in [6, 6.07) is 0. The number of hydrogen-bond acceptors (Lipinski definition) is 1. The second-order valence-corrected chi connectivity index (χ2v) is 1.37. The molecule has 24 valence electrons. The van der Waals surface area contributed by atoms with Gasteiger partial charge in [0.05, 0.1) is 0 Å². The third-order valence-electron chi connectivity index (χ3n) is 0.118. The fourth-order valence-electron chi connectivity index (χ4n) is 0. The molecule has 0 spiro atoms. The first-order chi connectivity index (χ1) is 1.91. The topological polar surface area (TPSA) is 23.1 Å². The Morgan fingerprint density at radius 3 is 2.00 bits per heavy atom. The number of hydrogen-bond donors (Lipinski definition) is 0. The smallest absolute Gasteiger partial charge is 0.860 e. The molecule has 0 amide bonds. The summed E-state index contributed by atoms with van der Waals surface area (Å²) in [4.78, 5) is 9.32. The molecule has 5 heavy (non-hydrogen) atoms. The van der Waals surface area contributed by atoms with Crippen molar-refractivity contribution in [2.45, 2.75) is 0 Å². The summed E-state index contributed by atoms with van der Waals surface area (Å²) in [7, 11) is -1.06. The van der Waals surface area contributed by atoms with Gasteiger partial charge in [-0.05, 0) is 0 Å². The van der Waals surface area contributed by atoms with Crippen molar-refractivity contribution in [1.29, 1.82) is 0 Å². The Hall–Kier alpha value is 1.55. The van der Waals surface area contributed by atoms with Crippen molar-refractivity contribution in [1.82, 2.24) is 0 Å². The molecule has 0 aromatic carbocycles. The van der Waals surface area contributed by atoms with Gasteiger partial charge in [-0.25, -0.2) is 0 Å². The summed E-state index contributed by atoms with van der Waals surface area (Å²) < 4.78 is 0. The zero-order chi connectivity index (χ0) is 3.41. The average molecular weight is 112 g/mol. The van der Waals surface area contributed by atoms with Crippen molar-refractivity contribution in [3.63, 3.8) is 0 Å². The predicted octanol–water partition coefficient (Wildman–Crippen LogP) is -4.42. The van der Waals surface area contributed by atoms with E-state index in [9.17, 15) is 4.80 Å². The van der Waals surface area contributed by atoms with Crippen molar-refractivity contribution >= 4 is 9.76 Å². The summed E-state index contributed by atoms with van der Waals surface area (Å²) in [6.07, 6.45) is 0. The Morgan fingerprint density at radius 1 is 1.80 bits per heavy atom. The summed E-state index contributed by atoms with van der Waals surface area (Å²) in [5, 5.41) is 0. The van der Waals surface area contributed by atoms with Gasteiger partial charge in [0.2, 0.25) is 0 Å². The molecule has 0 aromatic rings. The third-order valence-corrected chi connectivity index (χ3v) is 0.354. The molecule has 0 aromatic heterocycles. The monoisotopic (exact) mass is 112 g/mol. The summed E-state index contributed by atoms with van der Waals surface area (Å²) in [5.41, 5.74) is 1.46. The van der Waals surface area contributed by atoms with Crippen LogP contribution < -0.4 is 56.2 Å². The van der Waals surface area contributed by atoms with Crippen molar-refractivity contribution in [3.05, 3.63) is 12.3 Å². The minimum atomic E-state index is -1.06. The van der Waals surface area contributed by atoms with Crippen LogP contribution in [0.3, 0.4) is 0 Å². The minimum absolute atomic E-state index is 0. The second kappa shape index (κ2) is 9.12. The molecule has 0 aliphatic carbocycles. The fourth-order valence-corrected chi connectivity index (χ4v) is 0. The van der Waals surface area contributed by atoms with Crippen LogP contribution in [0.15, 0.2) is 12.3 Å². The Labute approximate surface area is 76.8 Å². The zero-order valence-electron chi connectivity index (χ0n) is 3.40.